The fraction of sp³-hybridized carbons (Fsp3) is 0.929. The molecule has 0 aromatic heterocycles. The topological polar surface area (TPSA) is 64.3 Å². The molecule has 1 unspecified atom stereocenters. The smallest absolute Gasteiger partial charge is 0.249 e. The Labute approximate surface area is 110 Å². The van der Waals surface area contributed by atoms with E-state index in [9.17, 15) is 4.79 Å². The molecule has 0 aromatic carbocycles. The van der Waals surface area contributed by atoms with Gasteiger partial charge in [-0.15, -0.1) is 0 Å². The monoisotopic (exact) mass is 254 g/mol. The number of hydrogen-bond acceptors (Lipinski definition) is 3. The molecular weight excluding hydrogens is 228 g/mol. The number of carbonyl (C=O) groups excluding carboxylic acids is 1. The molecule has 1 saturated heterocycles. The summed E-state index contributed by atoms with van der Waals surface area (Å²) in [4.78, 5) is 12.0. The van der Waals surface area contributed by atoms with Crippen molar-refractivity contribution in [3.8, 4) is 0 Å². The molecule has 2 aliphatic rings. The van der Waals surface area contributed by atoms with Crippen LogP contribution in [-0.2, 0) is 9.53 Å². The molecule has 4 nitrogen and oxygen atoms in total. The Balaban J connectivity index is 2.00. The van der Waals surface area contributed by atoms with Gasteiger partial charge in [-0.3, -0.25) is 4.79 Å². The van der Waals surface area contributed by atoms with Gasteiger partial charge < -0.3 is 15.8 Å². The van der Waals surface area contributed by atoms with Gasteiger partial charge in [0, 0.05) is 13.1 Å². The molecule has 4 heteroatoms. The molecule has 1 aliphatic carbocycles. The van der Waals surface area contributed by atoms with Crippen molar-refractivity contribution in [3.63, 3.8) is 0 Å². The Morgan fingerprint density at radius 2 is 1.89 bits per heavy atom. The SMILES string of the molecule is NCC1(OC2CCCCNC2=O)CCCCCC1. The second kappa shape index (κ2) is 6.53. The predicted octanol–water partition coefficient (Wildman–Crippen LogP) is 1.72. The molecule has 1 aliphatic heterocycles. The minimum atomic E-state index is -0.283. The Bertz CT molecular complexity index is 273. The number of rotatable bonds is 3. The van der Waals surface area contributed by atoms with Crippen molar-refractivity contribution in [1.82, 2.24) is 5.32 Å². The van der Waals surface area contributed by atoms with Crippen molar-refractivity contribution in [1.29, 1.82) is 0 Å². The van der Waals surface area contributed by atoms with Gasteiger partial charge in [0.15, 0.2) is 0 Å². The van der Waals surface area contributed by atoms with E-state index < -0.39 is 0 Å². The number of ether oxygens (including phenoxy) is 1. The standard InChI is InChI=1S/C14H26N2O2/c15-11-14(8-4-1-2-5-9-14)18-12-7-3-6-10-16-13(12)17/h12H,1-11,15H2,(H,16,17). The summed E-state index contributed by atoms with van der Waals surface area (Å²) in [6.45, 7) is 1.32. The van der Waals surface area contributed by atoms with E-state index in [4.69, 9.17) is 10.5 Å². The van der Waals surface area contributed by atoms with Crippen LogP contribution in [0.2, 0.25) is 0 Å². The maximum absolute atomic E-state index is 12.0. The van der Waals surface area contributed by atoms with E-state index in [-0.39, 0.29) is 17.6 Å². The van der Waals surface area contributed by atoms with Gasteiger partial charge in [-0.05, 0) is 32.1 Å². The van der Waals surface area contributed by atoms with E-state index in [2.05, 4.69) is 5.32 Å². The lowest BCUT2D eigenvalue weighted by atomic mass is 9.93. The highest BCUT2D eigenvalue weighted by Gasteiger charge is 2.35. The highest BCUT2D eigenvalue weighted by atomic mass is 16.5. The van der Waals surface area contributed by atoms with Gasteiger partial charge in [-0.2, -0.15) is 0 Å². The first-order valence-corrected chi connectivity index (χ1v) is 7.41. The summed E-state index contributed by atoms with van der Waals surface area (Å²) in [7, 11) is 0. The third-order valence-electron chi connectivity index (χ3n) is 4.26. The summed E-state index contributed by atoms with van der Waals surface area (Å²) in [6.07, 6.45) is 9.56. The van der Waals surface area contributed by atoms with E-state index in [1.54, 1.807) is 0 Å². The van der Waals surface area contributed by atoms with Crippen LogP contribution in [0.15, 0.2) is 0 Å². The lowest BCUT2D eigenvalue weighted by molar-refractivity contribution is -0.148. The summed E-state index contributed by atoms with van der Waals surface area (Å²) in [5, 5.41) is 2.94. The molecule has 0 aromatic rings. The number of carbonyl (C=O) groups is 1. The number of hydrogen-bond donors (Lipinski definition) is 2. The largest absolute Gasteiger partial charge is 0.361 e. The average Bonchev–Trinajstić information content (AvgIpc) is 2.73. The minimum absolute atomic E-state index is 0.0598. The highest BCUT2D eigenvalue weighted by molar-refractivity contribution is 5.81. The molecule has 1 saturated carbocycles. The minimum Gasteiger partial charge on any atom is -0.361 e. The van der Waals surface area contributed by atoms with Crippen LogP contribution in [0.4, 0.5) is 0 Å². The van der Waals surface area contributed by atoms with Gasteiger partial charge in [0.25, 0.3) is 0 Å². The summed E-state index contributed by atoms with van der Waals surface area (Å²) in [5.41, 5.74) is 5.71. The van der Waals surface area contributed by atoms with Gasteiger partial charge in [-0.1, -0.05) is 25.7 Å². The van der Waals surface area contributed by atoms with E-state index >= 15 is 0 Å². The van der Waals surface area contributed by atoms with Crippen LogP contribution in [0.25, 0.3) is 0 Å². The molecule has 1 amide bonds. The summed E-state index contributed by atoms with van der Waals surface area (Å²) in [6, 6.07) is 0. The highest BCUT2D eigenvalue weighted by Crippen LogP contribution is 2.32. The van der Waals surface area contributed by atoms with Crippen molar-refractivity contribution in [2.45, 2.75) is 69.5 Å². The van der Waals surface area contributed by atoms with Crippen LogP contribution in [-0.4, -0.2) is 30.7 Å². The maximum Gasteiger partial charge on any atom is 0.249 e. The molecule has 0 radical (unpaired) electrons. The quantitative estimate of drug-likeness (QED) is 0.754. The Hall–Kier alpha value is -0.610. The van der Waals surface area contributed by atoms with E-state index in [1.165, 1.54) is 25.7 Å². The van der Waals surface area contributed by atoms with Crippen molar-refractivity contribution >= 4 is 5.91 Å². The fourth-order valence-corrected chi connectivity index (χ4v) is 3.07. The van der Waals surface area contributed by atoms with Gasteiger partial charge in [0.2, 0.25) is 5.91 Å². The van der Waals surface area contributed by atoms with Crippen molar-refractivity contribution < 1.29 is 9.53 Å². The number of amides is 1. The maximum atomic E-state index is 12.0. The van der Waals surface area contributed by atoms with E-state index in [1.807, 2.05) is 0 Å². The van der Waals surface area contributed by atoms with Crippen LogP contribution >= 0.6 is 0 Å². The molecular formula is C14H26N2O2. The predicted molar refractivity (Wildman–Crippen MR) is 71.2 cm³/mol. The van der Waals surface area contributed by atoms with Crippen LogP contribution in [0, 0.1) is 0 Å². The molecule has 18 heavy (non-hydrogen) atoms. The van der Waals surface area contributed by atoms with Crippen molar-refractivity contribution in [3.05, 3.63) is 0 Å². The molecule has 1 heterocycles. The lowest BCUT2D eigenvalue weighted by Crippen LogP contribution is -2.47. The first-order valence-electron chi connectivity index (χ1n) is 7.41. The zero-order chi connectivity index (χ0) is 12.8. The second-order valence-corrected chi connectivity index (χ2v) is 5.69. The summed E-state index contributed by atoms with van der Waals surface area (Å²) < 4.78 is 6.20. The van der Waals surface area contributed by atoms with E-state index in [0.29, 0.717) is 6.54 Å². The third-order valence-corrected chi connectivity index (χ3v) is 4.26. The Morgan fingerprint density at radius 1 is 1.17 bits per heavy atom. The zero-order valence-electron chi connectivity index (χ0n) is 11.2. The fourth-order valence-electron chi connectivity index (χ4n) is 3.07. The summed E-state index contributed by atoms with van der Waals surface area (Å²) in [5.74, 6) is 0.0598. The summed E-state index contributed by atoms with van der Waals surface area (Å²) >= 11 is 0. The lowest BCUT2D eigenvalue weighted by Gasteiger charge is -2.35. The van der Waals surface area contributed by atoms with Crippen LogP contribution < -0.4 is 11.1 Å². The normalized spacial score (nSPS) is 29.2. The van der Waals surface area contributed by atoms with Gasteiger partial charge in [-0.25, -0.2) is 0 Å². The molecule has 104 valence electrons. The molecule has 1 atom stereocenters. The van der Waals surface area contributed by atoms with Gasteiger partial charge in [0.1, 0.15) is 6.10 Å². The second-order valence-electron chi connectivity index (χ2n) is 5.69. The van der Waals surface area contributed by atoms with Crippen LogP contribution in [0.3, 0.4) is 0 Å². The van der Waals surface area contributed by atoms with Crippen LogP contribution in [0.5, 0.6) is 0 Å². The average molecular weight is 254 g/mol. The molecule has 3 N–H and O–H groups in total. The third kappa shape index (κ3) is 3.45. The van der Waals surface area contributed by atoms with Gasteiger partial charge in [0.05, 0.1) is 5.60 Å². The Kier molecular flexibility index (Phi) is 5.01. The zero-order valence-corrected chi connectivity index (χ0v) is 11.2. The molecule has 0 bridgehead atoms. The van der Waals surface area contributed by atoms with Gasteiger partial charge >= 0.3 is 0 Å². The first kappa shape index (κ1) is 13.8. The number of nitrogens with two attached hydrogens (primary N) is 1. The van der Waals surface area contributed by atoms with Crippen molar-refractivity contribution in [2.75, 3.05) is 13.1 Å². The van der Waals surface area contributed by atoms with Crippen molar-refractivity contribution in [2.24, 2.45) is 5.73 Å². The van der Waals surface area contributed by atoms with E-state index in [0.717, 1.165) is 38.6 Å². The Morgan fingerprint density at radius 3 is 2.56 bits per heavy atom. The first-order chi connectivity index (χ1) is 8.76. The molecule has 0 spiro atoms. The molecule has 2 fully saturated rings. The van der Waals surface area contributed by atoms with Crippen LogP contribution in [0.1, 0.15) is 57.8 Å². The number of nitrogens with one attached hydrogen (secondary N) is 1. The molecule has 2 rings (SSSR count).